The lowest BCUT2D eigenvalue weighted by Gasteiger charge is -2.24. The molecular weight excluding hydrogens is 993 g/mol. The van der Waals surface area contributed by atoms with Crippen LogP contribution in [0.25, 0.3) is 131 Å². The van der Waals surface area contributed by atoms with Crippen LogP contribution in [0.1, 0.15) is 0 Å². The van der Waals surface area contributed by atoms with Crippen LogP contribution in [0.2, 0.25) is 0 Å². The van der Waals surface area contributed by atoms with Crippen molar-refractivity contribution in [2.75, 3.05) is 0 Å². The molecule has 0 aliphatic rings. The van der Waals surface area contributed by atoms with Crippen molar-refractivity contribution in [3.63, 3.8) is 0 Å². The summed E-state index contributed by atoms with van der Waals surface area (Å²) >= 11 is 0. The Hall–Kier alpha value is -11.2. The van der Waals surface area contributed by atoms with Crippen LogP contribution >= 0.6 is 0 Å². The van der Waals surface area contributed by atoms with E-state index in [0.717, 1.165) is 37.7 Å². The molecule has 0 saturated heterocycles. The minimum Gasteiger partial charge on any atom is -0.504 e. The number of aromatic hydroxyl groups is 16. The maximum atomic E-state index is 12.4. The molecule has 0 atom stereocenters. The summed E-state index contributed by atoms with van der Waals surface area (Å²) in [5, 5.41) is 191. The van der Waals surface area contributed by atoms with Gasteiger partial charge in [0.25, 0.3) is 0 Å². The predicted molar refractivity (Wildman–Crippen MR) is 287 cm³/mol. The normalized spacial score (nSPS) is 11.9. The Bertz CT molecular complexity index is 4740. The van der Waals surface area contributed by atoms with E-state index in [0.29, 0.717) is 27.3 Å². The van der Waals surface area contributed by atoms with Crippen molar-refractivity contribution in [2.24, 2.45) is 0 Å². The molecular formula is C60H36O17. The Labute approximate surface area is 429 Å². The molecule has 0 unspecified atom stereocenters. The Morgan fingerprint density at radius 2 is 0.558 bits per heavy atom. The molecule has 16 N–H and O–H groups in total. The van der Waals surface area contributed by atoms with Gasteiger partial charge in [-0.05, 0) is 78.5 Å². The minimum atomic E-state index is -1.52. The Morgan fingerprint density at radius 1 is 0.208 bits per heavy atom. The van der Waals surface area contributed by atoms with Crippen LogP contribution in [0, 0.1) is 0 Å². The summed E-state index contributed by atoms with van der Waals surface area (Å²) in [6.07, 6.45) is 0. The van der Waals surface area contributed by atoms with Crippen LogP contribution in [0.4, 0.5) is 0 Å². The molecule has 378 valence electrons. The number of hydrogen-bond donors (Lipinski definition) is 16. The molecule has 1 heterocycles. The van der Waals surface area contributed by atoms with E-state index < -0.39 is 147 Å². The lowest BCUT2D eigenvalue weighted by atomic mass is 9.81. The smallest absolute Gasteiger partial charge is 0.204 e. The van der Waals surface area contributed by atoms with Gasteiger partial charge in [-0.2, -0.15) is 0 Å². The summed E-state index contributed by atoms with van der Waals surface area (Å²) in [6, 6.07) is 35.0. The summed E-state index contributed by atoms with van der Waals surface area (Å²) in [5.74, 6) is -21.8. The van der Waals surface area contributed by atoms with Gasteiger partial charge in [0, 0.05) is 54.6 Å². The first-order valence-electron chi connectivity index (χ1n) is 23.4. The first kappa shape index (κ1) is 45.6. The summed E-state index contributed by atoms with van der Waals surface area (Å²) < 4.78 is 6.17. The zero-order valence-electron chi connectivity index (χ0n) is 39.1. The van der Waals surface area contributed by atoms with E-state index in [9.17, 15) is 81.7 Å². The molecule has 0 aliphatic carbocycles. The molecule has 0 bridgehead atoms. The van der Waals surface area contributed by atoms with Crippen molar-refractivity contribution in [3.05, 3.63) is 121 Å². The molecule has 13 rings (SSSR count). The number of fused-ring (bicyclic) bond motifs is 13. The van der Waals surface area contributed by atoms with Gasteiger partial charge in [-0.1, -0.05) is 97.1 Å². The number of hydrogen-bond acceptors (Lipinski definition) is 17. The lowest BCUT2D eigenvalue weighted by molar-refractivity contribution is 0.347. The van der Waals surface area contributed by atoms with Crippen LogP contribution in [0.15, 0.2) is 126 Å². The highest BCUT2D eigenvalue weighted by Gasteiger charge is 2.38. The molecule has 0 aliphatic heterocycles. The van der Waals surface area contributed by atoms with Crippen molar-refractivity contribution < 1.29 is 86.1 Å². The number of benzene rings is 12. The fraction of sp³-hybridized carbons (Fsp3) is 0. The summed E-state index contributed by atoms with van der Waals surface area (Å²) in [7, 11) is 0. The maximum Gasteiger partial charge on any atom is 0.204 e. The zero-order valence-corrected chi connectivity index (χ0v) is 39.1. The van der Waals surface area contributed by atoms with Crippen LogP contribution in [-0.4, -0.2) is 81.7 Å². The minimum absolute atomic E-state index is 0.0198. The number of furan rings is 1. The second-order valence-electron chi connectivity index (χ2n) is 18.7. The molecule has 0 radical (unpaired) electrons. The van der Waals surface area contributed by atoms with Gasteiger partial charge in [-0.15, -0.1) is 0 Å². The topological polar surface area (TPSA) is 337 Å². The van der Waals surface area contributed by atoms with Gasteiger partial charge in [-0.3, -0.25) is 0 Å². The highest BCUT2D eigenvalue weighted by molar-refractivity contribution is 6.31. The van der Waals surface area contributed by atoms with E-state index in [-0.39, 0.29) is 11.1 Å². The van der Waals surface area contributed by atoms with Crippen molar-refractivity contribution in [1.82, 2.24) is 0 Å². The van der Waals surface area contributed by atoms with Crippen LogP contribution in [0.5, 0.6) is 92.0 Å². The van der Waals surface area contributed by atoms with Crippen LogP contribution < -0.4 is 0 Å². The lowest BCUT2D eigenvalue weighted by Crippen LogP contribution is -1.97. The summed E-state index contributed by atoms with van der Waals surface area (Å²) in [5.41, 5.74) is -4.49. The second-order valence-corrected chi connectivity index (χ2v) is 18.7. The second kappa shape index (κ2) is 15.7. The van der Waals surface area contributed by atoms with Gasteiger partial charge in [0.2, 0.25) is 34.5 Å². The van der Waals surface area contributed by atoms with Gasteiger partial charge in [0.1, 0.15) is 11.2 Å². The Balaban J connectivity index is 1.14. The fourth-order valence-electron chi connectivity index (χ4n) is 11.3. The summed E-state index contributed by atoms with van der Waals surface area (Å²) in [4.78, 5) is 0. The summed E-state index contributed by atoms with van der Waals surface area (Å²) in [6.45, 7) is 0. The fourth-order valence-corrected chi connectivity index (χ4v) is 11.3. The Morgan fingerprint density at radius 3 is 1.08 bits per heavy atom. The van der Waals surface area contributed by atoms with Gasteiger partial charge >= 0.3 is 0 Å². The highest BCUT2D eigenvalue weighted by Crippen LogP contribution is 2.67. The monoisotopic (exact) mass is 1030 g/mol. The molecule has 0 amide bonds. The molecule has 1 aromatic heterocycles. The maximum absolute atomic E-state index is 12.4. The molecule has 77 heavy (non-hydrogen) atoms. The molecule has 13 aromatic rings. The van der Waals surface area contributed by atoms with E-state index in [1.165, 1.54) is 24.3 Å². The third-order valence-corrected chi connectivity index (χ3v) is 14.8. The SMILES string of the molecule is Oc1c(O)c(O)c(-c2c(O)c(O)c(-c3c4c(O)c(O)c(O)c(O)c4c(-c4ccc5oc6ccc7ccccc7c6c5c4)c4c(O)c(O)c(O)c(O)c34)c(O)c2O)c(-c2ccc3c4ccccc4c4ccccc4c3c2)c1O. The van der Waals surface area contributed by atoms with E-state index in [4.69, 9.17) is 4.42 Å². The quantitative estimate of drug-likeness (QED) is 0.0337. The van der Waals surface area contributed by atoms with Crippen molar-refractivity contribution in [2.45, 2.75) is 0 Å². The predicted octanol–water partition coefficient (Wildman–Crippen LogP) is 12.5. The van der Waals surface area contributed by atoms with E-state index in [1.54, 1.807) is 30.3 Å². The molecule has 0 saturated carbocycles. The number of phenolic OH excluding ortho intramolecular Hbond substituents is 16. The first-order chi connectivity index (χ1) is 36.9. The van der Waals surface area contributed by atoms with E-state index in [2.05, 4.69) is 0 Å². The average molecular weight is 1030 g/mol. The van der Waals surface area contributed by atoms with Crippen LogP contribution in [-0.2, 0) is 0 Å². The van der Waals surface area contributed by atoms with Crippen molar-refractivity contribution in [3.8, 4) is 136 Å². The first-order valence-corrected chi connectivity index (χ1v) is 23.4. The van der Waals surface area contributed by atoms with Crippen LogP contribution in [0.3, 0.4) is 0 Å². The molecule has 0 spiro atoms. The number of phenols is 16. The van der Waals surface area contributed by atoms with Gasteiger partial charge in [-0.25, -0.2) is 0 Å². The molecule has 0 fully saturated rings. The highest BCUT2D eigenvalue weighted by atomic mass is 16.4. The van der Waals surface area contributed by atoms with Crippen molar-refractivity contribution in [1.29, 1.82) is 0 Å². The molecule has 12 aromatic carbocycles. The average Bonchev–Trinajstić information content (AvgIpc) is 4.01. The van der Waals surface area contributed by atoms with Gasteiger partial charge in [0.15, 0.2) is 57.5 Å². The van der Waals surface area contributed by atoms with E-state index in [1.807, 2.05) is 66.7 Å². The standard InChI is InChI=1S/C60H36O17/c61-45-35(23-13-16-29-27-11-4-3-9-25(27)26-10-5-6-12-28(26)30(29)19-23)40(48(64)58(74)55(45)71)44-53(69)51(67)43(52(68)54(44)70)37-41-38(46(62)56(72)59(75)49(41)65)34(39-42(37)50(66)60(76)57(73)47(39)63)22-15-17-32-31(20-22)36-24-8-2-1-7-21(24)14-18-33(36)77-32/h1-20,61-76H. The van der Waals surface area contributed by atoms with E-state index >= 15 is 0 Å². The largest absolute Gasteiger partial charge is 0.504 e. The molecule has 17 heteroatoms. The third-order valence-electron chi connectivity index (χ3n) is 14.8. The van der Waals surface area contributed by atoms with Gasteiger partial charge < -0.3 is 86.1 Å². The van der Waals surface area contributed by atoms with Crippen molar-refractivity contribution >= 4 is 86.6 Å². The molecule has 17 nitrogen and oxygen atoms in total. The third kappa shape index (κ3) is 5.86. The number of rotatable bonds is 4. The Kier molecular flexibility index (Phi) is 9.28. The zero-order chi connectivity index (χ0) is 53.9. The van der Waals surface area contributed by atoms with Gasteiger partial charge in [0.05, 0.1) is 11.1 Å².